The van der Waals surface area contributed by atoms with Crippen molar-refractivity contribution in [3.63, 3.8) is 0 Å². The Kier molecular flexibility index (Phi) is 19.3. The standard InChI is InChI=1S/C37H55FN12O6/c1-21(2)18-28(33(54)48-27(32(39)53)6-4-17-45-36(40)41)49-35(56)30(20-24-10-14-26(15-11-24)46-37(42)43)50-34(55)29(19-23-8-12-25(38)13-9-23)47-31(52)7-5-16-44-22(3)51/h8-15,21,27-30H,4-7,16-20H2,1-3H3,(H2,39,53)(H,44,51)(H,47,52)(H,48,54)(H,49,56)(H,50,55)(H4,40,41,45)(H4,42,43,46)/t27-,28-,29-,30-/m0/s1. The van der Waals surface area contributed by atoms with Gasteiger partial charge in [0.1, 0.15) is 30.0 Å². The quantitative estimate of drug-likeness (QED) is 0.0371. The number of carbonyl (C=O) groups is 6. The Bertz CT molecular complexity index is 1690. The van der Waals surface area contributed by atoms with E-state index < -0.39 is 59.5 Å². The number of amides is 6. The van der Waals surface area contributed by atoms with E-state index in [-0.39, 0.29) is 68.9 Å². The van der Waals surface area contributed by atoms with Gasteiger partial charge in [-0.05, 0) is 67.0 Å². The van der Waals surface area contributed by atoms with Gasteiger partial charge in [-0.1, -0.05) is 38.1 Å². The van der Waals surface area contributed by atoms with Crippen molar-refractivity contribution in [3.05, 3.63) is 65.5 Å². The summed E-state index contributed by atoms with van der Waals surface area (Å²) < 4.78 is 13.7. The molecule has 0 bridgehead atoms. The Morgan fingerprint density at radius 2 is 1.20 bits per heavy atom. The van der Waals surface area contributed by atoms with Crippen LogP contribution in [0.2, 0.25) is 0 Å². The van der Waals surface area contributed by atoms with Gasteiger partial charge in [0.25, 0.3) is 0 Å². The maximum absolute atomic E-state index is 14.1. The third-order valence-corrected chi connectivity index (χ3v) is 8.17. The lowest BCUT2D eigenvalue weighted by Gasteiger charge is -2.27. The summed E-state index contributed by atoms with van der Waals surface area (Å²) in [6.07, 6.45) is 0.763. The number of nitrogens with two attached hydrogens (primary N) is 5. The molecule has 2 aromatic rings. The van der Waals surface area contributed by atoms with Crippen LogP contribution in [0, 0.1) is 11.7 Å². The Hall–Kier alpha value is -6.27. The summed E-state index contributed by atoms with van der Waals surface area (Å²) in [6.45, 7) is 5.46. The number of hydrogen-bond donors (Lipinski definition) is 10. The van der Waals surface area contributed by atoms with Gasteiger partial charge in [0.2, 0.25) is 35.4 Å². The predicted octanol–water partition coefficient (Wildman–Crippen LogP) is -1.04. The fourth-order valence-electron chi connectivity index (χ4n) is 5.45. The van der Waals surface area contributed by atoms with Crippen LogP contribution in [0.25, 0.3) is 0 Å². The van der Waals surface area contributed by atoms with Crippen molar-refractivity contribution in [1.29, 1.82) is 0 Å². The molecular weight excluding hydrogens is 727 g/mol. The van der Waals surface area contributed by atoms with Gasteiger partial charge < -0.3 is 55.3 Å². The number of nitrogens with one attached hydrogen (secondary N) is 5. The van der Waals surface area contributed by atoms with E-state index in [0.29, 0.717) is 29.7 Å². The van der Waals surface area contributed by atoms with Gasteiger partial charge in [0, 0.05) is 39.3 Å². The van der Waals surface area contributed by atoms with Crippen molar-refractivity contribution < 1.29 is 33.2 Å². The Morgan fingerprint density at radius 3 is 1.71 bits per heavy atom. The molecule has 56 heavy (non-hydrogen) atoms. The van der Waals surface area contributed by atoms with E-state index in [1.807, 2.05) is 13.8 Å². The van der Waals surface area contributed by atoms with Crippen LogP contribution in [0.3, 0.4) is 0 Å². The summed E-state index contributed by atoms with van der Waals surface area (Å²) in [6, 6.07) is 7.15. The van der Waals surface area contributed by atoms with Gasteiger partial charge in [-0.15, -0.1) is 0 Å². The molecule has 0 aliphatic heterocycles. The molecule has 18 nitrogen and oxygen atoms in total. The van der Waals surface area contributed by atoms with E-state index in [4.69, 9.17) is 28.7 Å². The second kappa shape index (κ2) is 23.5. The van der Waals surface area contributed by atoms with Crippen LogP contribution >= 0.6 is 0 Å². The van der Waals surface area contributed by atoms with Crippen molar-refractivity contribution in [1.82, 2.24) is 26.6 Å². The zero-order chi connectivity index (χ0) is 41.8. The number of benzene rings is 2. The molecule has 0 saturated heterocycles. The lowest BCUT2D eigenvalue weighted by atomic mass is 9.99. The van der Waals surface area contributed by atoms with Gasteiger partial charge in [0.05, 0.1) is 5.69 Å². The second-order valence-electron chi connectivity index (χ2n) is 13.6. The first-order valence-corrected chi connectivity index (χ1v) is 18.2. The molecule has 2 aromatic carbocycles. The van der Waals surface area contributed by atoms with Crippen molar-refractivity contribution in [2.45, 2.75) is 89.9 Å². The monoisotopic (exact) mass is 782 g/mol. The molecule has 15 N–H and O–H groups in total. The van der Waals surface area contributed by atoms with Crippen LogP contribution in [-0.2, 0) is 41.6 Å². The first kappa shape index (κ1) is 45.9. The molecule has 0 radical (unpaired) electrons. The fourth-order valence-corrected chi connectivity index (χ4v) is 5.45. The number of guanidine groups is 2. The minimum Gasteiger partial charge on any atom is -0.370 e. The van der Waals surface area contributed by atoms with Crippen molar-refractivity contribution >= 4 is 53.0 Å². The fraction of sp³-hybridized carbons (Fsp3) is 0.459. The average Bonchev–Trinajstić information content (AvgIpc) is 3.11. The van der Waals surface area contributed by atoms with Gasteiger partial charge in [0.15, 0.2) is 11.9 Å². The zero-order valence-electron chi connectivity index (χ0n) is 32.0. The highest BCUT2D eigenvalue weighted by Gasteiger charge is 2.32. The molecule has 0 aliphatic rings. The average molecular weight is 783 g/mol. The molecule has 0 aliphatic carbocycles. The highest BCUT2D eigenvalue weighted by molar-refractivity contribution is 5.95. The minimum absolute atomic E-state index is 0.0217. The number of rotatable bonds is 23. The van der Waals surface area contributed by atoms with Crippen LogP contribution in [0.5, 0.6) is 0 Å². The van der Waals surface area contributed by atoms with Crippen molar-refractivity contribution in [2.24, 2.45) is 44.6 Å². The largest absolute Gasteiger partial charge is 0.370 e. The number of nitrogens with zero attached hydrogens (tertiary/aromatic N) is 2. The first-order valence-electron chi connectivity index (χ1n) is 18.2. The number of carbonyl (C=O) groups excluding carboxylic acids is 6. The molecule has 19 heteroatoms. The Balaban J connectivity index is 2.41. The lowest BCUT2D eigenvalue weighted by Crippen LogP contribution is -2.59. The summed E-state index contributed by atoms with van der Waals surface area (Å²) in [5.74, 6) is -4.57. The molecule has 4 atom stereocenters. The van der Waals surface area contributed by atoms with E-state index in [1.54, 1.807) is 24.3 Å². The van der Waals surface area contributed by atoms with Gasteiger partial charge >= 0.3 is 0 Å². The van der Waals surface area contributed by atoms with E-state index in [9.17, 15) is 33.2 Å². The maximum Gasteiger partial charge on any atom is 0.243 e. The third kappa shape index (κ3) is 18.2. The summed E-state index contributed by atoms with van der Waals surface area (Å²) in [5.41, 5.74) is 28.8. The minimum atomic E-state index is -1.29. The van der Waals surface area contributed by atoms with Crippen LogP contribution < -0.4 is 55.3 Å². The highest BCUT2D eigenvalue weighted by Crippen LogP contribution is 2.15. The number of primary amides is 1. The molecule has 6 amide bonds. The topological polar surface area (TPSA) is 317 Å². The predicted molar refractivity (Wildman–Crippen MR) is 210 cm³/mol. The molecule has 0 unspecified atom stereocenters. The van der Waals surface area contributed by atoms with Crippen LogP contribution in [0.15, 0.2) is 58.5 Å². The van der Waals surface area contributed by atoms with Gasteiger partial charge in [-0.2, -0.15) is 0 Å². The smallest absolute Gasteiger partial charge is 0.243 e. The van der Waals surface area contributed by atoms with Crippen LogP contribution in [0.4, 0.5) is 10.1 Å². The van der Waals surface area contributed by atoms with Crippen LogP contribution in [-0.4, -0.2) is 84.6 Å². The van der Waals surface area contributed by atoms with E-state index in [1.165, 1.54) is 31.2 Å². The van der Waals surface area contributed by atoms with Crippen LogP contribution in [0.1, 0.15) is 64.0 Å². The van der Waals surface area contributed by atoms with E-state index >= 15 is 0 Å². The number of aliphatic imine (C=N–C) groups is 2. The molecule has 0 fully saturated rings. The maximum atomic E-state index is 14.1. The van der Waals surface area contributed by atoms with Crippen molar-refractivity contribution in [2.75, 3.05) is 13.1 Å². The Labute approximate surface area is 325 Å². The summed E-state index contributed by atoms with van der Waals surface area (Å²) in [5, 5.41) is 13.4. The Morgan fingerprint density at radius 1 is 0.679 bits per heavy atom. The molecule has 0 aromatic heterocycles. The molecule has 2 rings (SSSR count). The summed E-state index contributed by atoms with van der Waals surface area (Å²) >= 11 is 0. The van der Waals surface area contributed by atoms with E-state index in [0.717, 1.165) is 0 Å². The summed E-state index contributed by atoms with van der Waals surface area (Å²) in [4.78, 5) is 86.0. The van der Waals surface area contributed by atoms with Crippen molar-refractivity contribution in [3.8, 4) is 0 Å². The van der Waals surface area contributed by atoms with Gasteiger partial charge in [-0.25, -0.2) is 9.38 Å². The third-order valence-electron chi connectivity index (χ3n) is 8.17. The van der Waals surface area contributed by atoms with Gasteiger partial charge in [-0.3, -0.25) is 33.8 Å². The number of halogens is 1. The zero-order valence-corrected chi connectivity index (χ0v) is 32.0. The normalized spacial score (nSPS) is 12.9. The molecule has 0 saturated carbocycles. The lowest BCUT2D eigenvalue weighted by molar-refractivity contribution is -0.134. The van der Waals surface area contributed by atoms with E-state index in [2.05, 4.69) is 36.6 Å². The number of hydrogen-bond acceptors (Lipinski definition) is 8. The first-order chi connectivity index (χ1) is 26.4. The molecule has 0 heterocycles. The second-order valence-corrected chi connectivity index (χ2v) is 13.6. The molecular formula is C37H55FN12O6. The molecule has 306 valence electrons. The molecule has 0 spiro atoms. The highest BCUT2D eigenvalue weighted by atomic mass is 19.1. The SMILES string of the molecule is CC(=O)NCCCC(=O)N[C@@H](Cc1ccc(F)cc1)C(=O)N[C@@H](Cc1ccc(N=C(N)N)cc1)C(=O)N[C@@H](CC(C)C)C(=O)N[C@@H](CCCN=C(N)N)C(N)=O. The summed E-state index contributed by atoms with van der Waals surface area (Å²) in [7, 11) is 0.